The number of halogens is 1. The number of methoxy groups -OCH3 is 1. The highest BCUT2D eigenvalue weighted by Gasteiger charge is 2.09. The molecule has 0 fully saturated rings. The normalized spacial score (nSPS) is 10.6. The number of fused-ring (bicyclic) bond motifs is 1. The Bertz CT molecular complexity index is 805. The predicted molar refractivity (Wildman–Crippen MR) is 86.9 cm³/mol. The molecule has 0 radical (unpaired) electrons. The van der Waals surface area contributed by atoms with E-state index in [2.05, 4.69) is 20.9 Å². The Hall–Kier alpha value is -2.27. The molecule has 106 valence electrons. The highest BCUT2D eigenvalue weighted by atomic mass is 79.9. The molecule has 1 heterocycles. The van der Waals surface area contributed by atoms with Gasteiger partial charge in [-0.2, -0.15) is 0 Å². The largest absolute Gasteiger partial charge is 0.497 e. The van der Waals surface area contributed by atoms with Crippen LogP contribution < -0.4 is 15.2 Å². The summed E-state index contributed by atoms with van der Waals surface area (Å²) in [5.41, 5.74) is 6.48. The van der Waals surface area contributed by atoms with Gasteiger partial charge in [-0.1, -0.05) is 6.07 Å². The van der Waals surface area contributed by atoms with Crippen LogP contribution in [0.3, 0.4) is 0 Å². The second-order valence-electron chi connectivity index (χ2n) is 4.46. The Labute approximate surface area is 130 Å². The van der Waals surface area contributed by atoms with E-state index in [0.717, 1.165) is 21.0 Å². The van der Waals surface area contributed by atoms with Crippen molar-refractivity contribution in [1.29, 1.82) is 0 Å². The van der Waals surface area contributed by atoms with E-state index < -0.39 is 0 Å². The van der Waals surface area contributed by atoms with Gasteiger partial charge in [-0.15, -0.1) is 0 Å². The van der Waals surface area contributed by atoms with E-state index in [9.17, 15) is 0 Å². The average Bonchev–Trinajstić information content (AvgIpc) is 2.51. The third-order valence-corrected chi connectivity index (χ3v) is 3.98. The van der Waals surface area contributed by atoms with Crippen LogP contribution in [0.5, 0.6) is 17.4 Å². The number of hydrogen-bond donors (Lipinski definition) is 1. The van der Waals surface area contributed by atoms with Crippen molar-refractivity contribution in [3.8, 4) is 17.4 Å². The lowest BCUT2D eigenvalue weighted by Gasteiger charge is -2.11. The summed E-state index contributed by atoms with van der Waals surface area (Å²) in [5.74, 6) is 1.96. The molecule has 0 amide bonds. The summed E-state index contributed by atoms with van der Waals surface area (Å²) in [6.07, 6.45) is 1.71. The number of rotatable bonds is 3. The maximum absolute atomic E-state index is 5.90. The smallest absolute Gasteiger partial charge is 0.227 e. The van der Waals surface area contributed by atoms with E-state index in [1.807, 2.05) is 36.4 Å². The zero-order valence-corrected chi connectivity index (χ0v) is 12.9. The third kappa shape index (κ3) is 2.64. The molecule has 0 bridgehead atoms. The minimum atomic E-state index is 0.529. The van der Waals surface area contributed by atoms with Crippen LogP contribution in [0.25, 0.3) is 10.8 Å². The number of nitrogens with two attached hydrogens (primary N) is 1. The molecule has 0 saturated heterocycles. The maximum atomic E-state index is 5.90. The van der Waals surface area contributed by atoms with Crippen LogP contribution in [0.2, 0.25) is 0 Å². The van der Waals surface area contributed by atoms with Crippen molar-refractivity contribution < 1.29 is 9.47 Å². The number of pyridine rings is 1. The van der Waals surface area contributed by atoms with Crippen molar-refractivity contribution in [2.24, 2.45) is 0 Å². The molecular weight excluding hydrogens is 332 g/mol. The molecule has 0 aliphatic rings. The fraction of sp³-hybridized carbons (Fsp3) is 0.0625. The fourth-order valence-corrected chi connectivity index (χ4v) is 2.39. The molecule has 4 nitrogen and oxygen atoms in total. The van der Waals surface area contributed by atoms with Crippen LogP contribution in [0.4, 0.5) is 5.69 Å². The number of ether oxygens (including phenoxy) is 2. The van der Waals surface area contributed by atoms with Crippen molar-refractivity contribution in [1.82, 2.24) is 4.98 Å². The first-order chi connectivity index (χ1) is 10.2. The van der Waals surface area contributed by atoms with Gasteiger partial charge in [0, 0.05) is 17.3 Å². The first-order valence-corrected chi connectivity index (χ1v) is 7.13. The molecule has 0 spiro atoms. The Balaban J connectivity index is 2.06. The molecule has 3 rings (SSSR count). The van der Waals surface area contributed by atoms with Gasteiger partial charge >= 0.3 is 0 Å². The molecule has 0 saturated carbocycles. The van der Waals surface area contributed by atoms with Crippen LogP contribution in [0.1, 0.15) is 0 Å². The maximum Gasteiger partial charge on any atom is 0.227 e. The Morgan fingerprint density at radius 2 is 2.00 bits per heavy atom. The summed E-state index contributed by atoms with van der Waals surface area (Å²) in [6.45, 7) is 0. The zero-order valence-electron chi connectivity index (χ0n) is 11.3. The fourth-order valence-electron chi connectivity index (χ4n) is 2.05. The monoisotopic (exact) mass is 344 g/mol. The van der Waals surface area contributed by atoms with E-state index in [1.54, 1.807) is 19.4 Å². The van der Waals surface area contributed by atoms with E-state index in [4.69, 9.17) is 15.2 Å². The van der Waals surface area contributed by atoms with Gasteiger partial charge in [-0.3, -0.25) is 0 Å². The van der Waals surface area contributed by atoms with Gasteiger partial charge in [-0.05, 0) is 57.7 Å². The van der Waals surface area contributed by atoms with Crippen LogP contribution in [-0.4, -0.2) is 12.1 Å². The molecule has 3 aromatic rings. The summed E-state index contributed by atoms with van der Waals surface area (Å²) in [7, 11) is 1.64. The van der Waals surface area contributed by atoms with Crippen molar-refractivity contribution in [2.75, 3.05) is 12.8 Å². The number of anilines is 1. The van der Waals surface area contributed by atoms with Crippen LogP contribution in [0, 0.1) is 0 Å². The van der Waals surface area contributed by atoms with Gasteiger partial charge in [-0.25, -0.2) is 4.98 Å². The molecule has 2 N–H and O–H groups in total. The van der Waals surface area contributed by atoms with Crippen LogP contribution in [0.15, 0.2) is 53.1 Å². The first kappa shape index (κ1) is 13.7. The molecule has 0 aliphatic heterocycles. The predicted octanol–water partition coefficient (Wildman–Crippen LogP) is 4.38. The van der Waals surface area contributed by atoms with Gasteiger partial charge in [0.15, 0.2) is 0 Å². The third-order valence-electron chi connectivity index (χ3n) is 3.13. The summed E-state index contributed by atoms with van der Waals surface area (Å²) in [5, 5.41) is 1.91. The van der Waals surface area contributed by atoms with Crippen molar-refractivity contribution in [2.45, 2.75) is 0 Å². The van der Waals surface area contributed by atoms with Gasteiger partial charge in [0.25, 0.3) is 0 Å². The molecule has 0 aliphatic carbocycles. The standard InChI is InChI=1S/C16H13BrN2O2/c1-20-11-5-6-12-10(9-11)7-8-19-16(12)21-14-4-2-3-13(18)15(14)17/h2-9H,18H2,1H3. The highest BCUT2D eigenvalue weighted by Crippen LogP contribution is 2.36. The van der Waals surface area contributed by atoms with Crippen LogP contribution in [-0.2, 0) is 0 Å². The summed E-state index contributed by atoms with van der Waals surface area (Å²) in [4.78, 5) is 4.30. The number of nitrogen functional groups attached to an aromatic ring is 1. The van der Waals surface area contributed by atoms with Crippen molar-refractivity contribution in [3.63, 3.8) is 0 Å². The van der Waals surface area contributed by atoms with Gasteiger partial charge in [0.1, 0.15) is 11.5 Å². The molecule has 21 heavy (non-hydrogen) atoms. The second kappa shape index (κ2) is 5.61. The number of hydrogen-bond acceptors (Lipinski definition) is 4. The van der Waals surface area contributed by atoms with E-state index in [0.29, 0.717) is 17.3 Å². The summed E-state index contributed by atoms with van der Waals surface area (Å²) >= 11 is 3.43. The second-order valence-corrected chi connectivity index (χ2v) is 5.26. The molecule has 1 aromatic heterocycles. The molecule has 5 heteroatoms. The minimum absolute atomic E-state index is 0.529. The lowest BCUT2D eigenvalue weighted by atomic mass is 10.1. The van der Waals surface area contributed by atoms with Gasteiger partial charge in [0.2, 0.25) is 5.88 Å². The molecular formula is C16H13BrN2O2. The lowest BCUT2D eigenvalue weighted by Crippen LogP contribution is -1.93. The minimum Gasteiger partial charge on any atom is -0.497 e. The number of nitrogens with zero attached hydrogens (tertiary/aromatic N) is 1. The quantitative estimate of drug-likeness (QED) is 0.716. The Morgan fingerprint density at radius 3 is 2.81 bits per heavy atom. The van der Waals surface area contributed by atoms with Crippen molar-refractivity contribution >= 4 is 32.4 Å². The topological polar surface area (TPSA) is 57.4 Å². The van der Waals surface area contributed by atoms with Gasteiger partial charge < -0.3 is 15.2 Å². The van der Waals surface area contributed by atoms with E-state index in [-0.39, 0.29) is 0 Å². The molecule has 0 unspecified atom stereocenters. The Kier molecular flexibility index (Phi) is 3.66. The van der Waals surface area contributed by atoms with E-state index in [1.165, 1.54) is 0 Å². The Morgan fingerprint density at radius 1 is 1.14 bits per heavy atom. The summed E-state index contributed by atoms with van der Waals surface area (Å²) < 4.78 is 11.8. The molecule has 2 aromatic carbocycles. The lowest BCUT2D eigenvalue weighted by molar-refractivity contribution is 0.415. The number of benzene rings is 2. The SMILES string of the molecule is COc1ccc2c(Oc3cccc(N)c3Br)nccc2c1. The van der Waals surface area contributed by atoms with Gasteiger partial charge in [0.05, 0.1) is 11.6 Å². The highest BCUT2D eigenvalue weighted by molar-refractivity contribution is 9.10. The summed E-state index contributed by atoms with van der Waals surface area (Å²) in [6, 6.07) is 13.1. The molecule has 0 atom stereocenters. The van der Waals surface area contributed by atoms with Crippen molar-refractivity contribution in [3.05, 3.63) is 53.1 Å². The van der Waals surface area contributed by atoms with Crippen LogP contribution >= 0.6 is 15.9 Å². The number of aromatic nitrogens is 1. The zero-order chi connectivity index (χ0) is 14.8. The first-order valence-electron chi connectivity index (χ1n) is 6.33. The average molecular weight is 345 g/mol. The van der Waals surface area contributed by atoms with E-state index >= 15 is 0 Å².